The first-order valence-electron chi connectivity index (χ1n) is 6.25. The molecule has 0 bridgehead atoms. The Morgan fingerprint density at radius 1 is 1.40 bits per heavy atom. The van der Waals surface area contributed by atoms with Crippen molar-refractivity contribution in [3.05, 3.63) is 35.7 Å². The van der Waals surface area contributed by atoms with E-state index in [1.165, 1.54) is 0 Å². The SMILES string of the molecule is CCCOc1ccc(NC2=C(C(=O)O)C(=O)CO2)cc1. The van der Waals surface area contributed by atoms with Gasteiger partial charge in [0.2, 0.25) is 11.7 Å². The molecule has 0 fully saturated rings. The third-order valence-corrected chi connectivity index (χ3v) is 2.65. The Morgan fingerprint density at radius 3 is 2.70 bits per heavy atom. The van der Waals surface area contributed by atoms with Crippen molar-refractivity contribution in [3.8, 4) is 5.75 Å². The van der Waals surface area contributed by atoms with Crippen LogP contribution in [0.1, 0.15) is 13.3 Å². The van der Waals surface area contributed by atoms with Gasteiger partial charge in [0, 0.05) is 5.69 Å². The van der Waals surface area contributed by atoms with Gasteiger partial charge >= 0.3 is 5.97 Å². The molecule has 0 saturated carbocycles. The molecule has 20 heavy (non-hydrogen) atoms. The Bertz CT molecular complexity index is 547. The van der Waals surface area contributed by atoms with E-state index in [1.54, 1.807) is 24.3 Å². The number of carboxylic acids is 1. The molecule has 6 nitrogen and oxygen atoms in total. The van der Waals surface area contributed by atoms with E-state index in [0.29, 0.717) is 12.3 Å². The highest BCUT2D eigenvalue weighted by molar-refractivity contribution is 6.19. The Kier molecular flexibility index (Phi) is 4.24. The van der Waals surface area contributed by atoms with Crippen molar-refractivity contribution in [2.75, 3.05) is 18.5 Å². The van der Waals surface area contributed by atoms with Gasteiger partial charge in [-0.2, -0.15) is 0 Å². The molecule has 106 valence electrons. The lowest BCUT2D eigenvalue weighted by molar-refractivity contribution is -0.134. The van der Waals surface area contributed by atoms with Crippen molar-refractivity contribution in [3.63, 3.8) is 0 Å². The minimum atomic E-state index is -1.29. The maximum atomic E-state index is 11.4. The van der Waals surface area contributed by atoms with E-state index in [1.807, 2.05) is 6.92 Å². The summed E-state index contributed by atoms with van der Waals surface area (Å²) in [7, 11) is 0. The van der Waals surface area contributed by atoms with Crippen LogP contribution in [0.2, 0.25) is 0 Å². The smallest absolute Gasteiger partial charge is 0.344 e. The number of hydrogen-bond donors (Lipinski definition) is 2. The number of Topliss-reactive ketones (excluding diaryl/α,β-unsaturated/α-hetero) is 1. The third kappa shape index (κ3) is 3.09. The molecule has 1 aromatic rings. The molecule has 0 unspecified atom stereocenters. The Hall–Kier alpha value is -2.50. The molecule has 6 heteroatoms. The minimum Gasteiger partial charge on any atom is -0.494 e. The highest BCUT2D eigenvalue weighted by Crippen LogP contribution is 2.22. The number of carbonyl (C=O) groups excluding carboxylic acids is 1. The summed E-state index contributed by atoms with van der Waals surface area (Å²) in [5.41, 5.74) is 0.272. The lowest BCUT2D eigenvalue weighted by Crippen LogP contribution is -2.12. The molecule has 0 spiro atoms. The molecule has 1 heterocycles. The van der Waals surface area contributed by atoms with Crippen LogP contribution in [0.25, 0.3) is 0 Å². The summed E-state index contributed by atoms with van der Waals surface area (Å²) >= 11 is 0. The zero-order valence-electron chi connectivity index (χ0n) is 11.0. The molecule has 0 radical (unpaired) electrons. The lowest BCUT2D eigenvalue weighted by atomic mass is 10.2. The molecular formula is C14H15NO5. The molecule has 0 aromatic heterocycles. The zero-order chi connectivity index (χ0) is 14.5. The van der Waals surface area contributed by atoms with E-state index in [9.17, 15) is 9.59 Å². The number of benzene rings is 1. The Labute approximate surface area is 116 Å². The third-order valence-electron chi connectivity index (χ3n) is 2.65. The first-order chi connectivity index (χ1) is 9.61. The quantitative estimate of drug-likeness (QED) is 0.771. The van der Waals surface area contributed by atoms with Gasteiger partial charge < -0.3 is 19.9 Å². The standard InChI is InChI=1S/C14H15NO5/c1-2-7-19-10-5-3-9(4-6-10)15-13-12(14(17)18)11(16)8-20-13/h3-6,15H,2,7-8H2,1H3,(H,17,18). The molecule has 1 aliphatic rings. The fraction of sp³-hybridized carbons (Fsp3) is 0.286. The van der Waals surface area contributed by atoms with Crippen molar-refractivity contribution in [1.29, 1.82) is 0 Å². The summed E-state index contributed by atoms with van der Waals surface area (Å²) in [5, 5.41) is 11.7. The maximum absolute atomic E-state index is 11.4. The second kappa shape index (κ2) is 6.10. The molecule has 1 aliphatic heterocycles. The van der Waals surface area contributed by atoms with Gasteiger partial charge in [0.05, 0.1) is 6.61 Å². The number of anilines is 1. The fourth-order valence-corrected chi connectivity index (χ4v) is 1.71. The first kappa shape index (κ1) is 13.9. The largest absolute Gasteiger partial charge is 0.494 e. The van der Waals surface area contributed by atoms with Crippen molar-refractivity contribution in [1.82, 2.24) is 0 Å². The topological polar surface area (TPSA) is 84.9 Å². The number of nitrogens with one attached hydrogen (secondary N) is 1. The van der Waals surface area contributed by atoms with Gasteiger partial charge in [-0.15, -0.1) is 0 Å². The van der Waals surface area contributed by atoms with Crippen LogP contribution in [0.5, 0.6) is 5.75 Å². The number of aliphatic carboxylic acids is 1. The van der Waals surface area contributed by atoms with Crippen LogP contribution in [0.4, 0.5) is 5.69 Å². The van der Waals surface area contributed by atoms with Gasteiger partial charge in [-0.1, -0.05) is 6.92 Å². The highest BCUT2D eigenvalue weighted by atomic mass is 16.5. The van der Waals surface area contributed by atoms with Crippen LogP contribution in [-0.2, 0) is 14.3 Å². The Morgan fingerprint density at radius 2 is 2.10 bits per heavy atom. The average Bonchev–Trinajstić information content (AvgIpc) is 2.79. The maximum Gasteiger partial charge on any atom is 0.344 e. The van der Waals surface area contributed by atoms with Crippen LogP contribution in [-0.4, -0.2) is 30.1 Å². The second-order valence-electron chi connectivity index (χ2n) is 4.22. The van der Waals surface area contributed by atoms with E-state index in [2.05, 4.69) is 5.32 Å². The van der Waals surface area contributed by atoms with Crippen LogP contribution in [0.3, 0.4) is 0 Å². The van der Waals surface area contributed by atoms with E-state index < -0.39 is 11.8 Å². The molecule has 0 amide bonds. The molecule has 2 rings (SSSR count). The average molecular weight is 277 g/mol. The summed E-state index contributed by atoms with van der Waals surface area (Å²) in [6, 6.07) is 6.97. The second-order valence-corrected chi connectivity index (χ2v) is 4.22. The molecule has 0 aliphatic carbocycles. The lowest BCUT2D eigenvalue weighted by Gasteiger charge is -2.09. The monoisotopic (exact) mass is 277 g/mol. The van der Waals surface area contributed by atoms with E-state index in [4.69, 9.17) is 14.6 Å². The zero-order valence-corrected chi connectivity index (χ0v) is 11.0. The van der Waals surface area contributed by atoms with Crippen LogP contribution in [0, 0.1) is 0 Å². The van der Waals surface area contributed by atoms with Crippen molar-refractivity contribution < 1.29 is 24.2 Å². The van der Waals surface area contributed by atoms with Gasteiger partial charge in [0.15, 0.2) is 12.2 Å². The first-order valence-corrected chi connectivity index (χ1v) is 6.25. The van der Waals surface area contributed by atoms with Gasteiger partial charge in [-0.05, 0) is 30.7 Å². The van der Waals surface area contributed by atoms with Crippen LogP contribution >= 0.6 is 0 Å². The highest BCUT2D eigenvalue weighted by Gasteiger charge is 2.30. The number of rotatable bonds is 6. The molecule has 2 N–H and O–H groups in total. The minimum absolute atomic E-state index is 0.0234. The van der Waals surface area contributed by atoms with Gasteiger partial charge in [0.1, 0.15) is 5.75 Å². The number of ketones is 1. The summed E-state index contributed by atoms with van der Waals surface area (Å²) in [6.45, 7) is 2.41. The summed E-state index contributed by atoms with van der Waals surface area (Å²) in [4.78, 5) is 22.3. The van der Waals surface area contributed by atoms with E-state index in [0.717, 1.165) is 12.2 Å². The number of carbonyl (C=O) groups is 2. The predicted octanol–water partition coefficient (Wildman–Crippen LogP) is 1.78. The number of carboxylic acid groups (broad SMARTS) is 1. The van der Waals surface area contributed by atoms with Crippen LogP contribution < -0.4 is 10.1 Å². The summed E-state index contributed by atoms with van der Waals surface area (Å²) < 4.78 is 10.5. The van der Waals surface area contributed by atoms with Crippen molar-refractivity contribution >= 4 is 17.4 Å². The Balaban J connectivity index is 2.10. The van der Waals surface area contributed by atoms with Gasteiger partial charge in [-0.25, -0.2) is 4.79 Å². The van der Waals surface area contributed by atoms with Gasteiger partial charge in [-0.3, -0.25) is 4.79 Å². The van der Waals surface area contributed by atoms with Crippen LogP contribution in [0.15, 0.2) is 35.7 Å². The number of ether oxygens (including phenoxy) is 2. The predicted molar refractivity (Wildman–Crippen MR) is 71.5 cm³/mol. The summed E-state index contributed by atoms with van der Waals surface area (Å²) in [5.74, 6) is -1.13. The molecule has 1 aromatic carbocycles. The number of hydrogen-bond acceptors (Lipinski definition) is 5. The summed E-state index contributed by atoms with van der Waals surface area (Å²) in [6.07, 6.45) is 0.921. The molecule has 0 saturated heterocycles. The molecule has 0 atom stereocenters. The molecular weight excluding hydrogens is 262 g/mol. The van der Waals surface area contributed by atoms with Crippen molar-refractivity contribution in [2.24, 2.45) is 0 Å². The fourth-order valence-electron chi connectivity index (χ4n) is 1.71. The van der Waals surface area contributed by atoms with Crippen molar-refractivity contribution in [2.45, 2.75) is 13.3 Å². The van der Waals surface area contributed by atoms with E-state index in [-0.39, 0.29) is 18.1 Å². The normalized spacial score (nSPS) is 14.2. The van der Waals surface area contributed by atoms with Gasteiger partial charge in [0.25, 0.3) is 0 Å². The van der Waals surface area contributed by atoms with E-state index >= 15 is 0 Å².